The molecule has 30 heavy (non-hydrogen) atoms. The molecular weight excluding hydrogens is 409 g/mol. The molecule has 0 saturated carbocycles. The van der Waals surface area contributed by atoms with Crippen molar-refractivity contribution in [3.05, 3.63) is 64.3 Å². The highest BCUT2D eigenvalue weighted by Gasteiger charge is 2.21. The quantitative estimate of drug-likeness (QED) is 0.527. The van der Waals surface area contributed by atoms with Crippen LogP contribution in [0, 0.1) is 12.7 Å². The summed E-state index contributed by atoms with van der Waals surface area (Å²) >= 11 is 6.07. The maximum absolute atomic E-state index is 14.0. The number of aromatic nitrogens is 2. The van der Waals surface area contributed by atoms with Crippen LogP contribution in [0.15, 0.2) is 36.5 Å². The van der Waals surface area contributed by atoms with E-state index in [-0.39, 0.29) is 35.7 Å². The number of aliphatic hydroxyl groups excluding tert-OH is 1. The van der Waals surface area contributed by atoms with Crippen molar-refractivity contribution in [2.24, 2.45) is 0 Å². The molecule has 0 saturated heterocycles. The Labute approximate surface area is 179 Å². The first kappa shape index (κ1) is 22.1. The predicted molar refractivity (Wildman–Crippen MR) is 114 cm³/mol. The number of ether oxygens (including phenoxy) is 1. The molecule has 3 rings (SSSR count). The zero-order valence-electron chi connectivity index (χ0n) is 17.0. The van der Waals surface area contributed by atoms with Gasteiger partial charge in [-0.2, -0.15) is 0 Å². The molecule has 0 unspecified atom stereocenters. The number of carbonyl (C=O) groups excluding carboxylic acids is 1. The molecule has 3 aromatic rings. The average molecular weight is 434 g/mol. The molecule has 1 aromatic carbocycles. The van der Waals surface area contributed by atoms with Gasteiger partial charge in [-0.25, -0.2) is 9.37 Å². The van der Waals surface area contributed by atoms with Gasteiger partial charge in [0, 0.05) is 11.8 Å². The molecule has 6 nitrogen and oxygen atoms in total. The van der Waals surface area contributed by atoms with Crippen molar-refractivity contribution < 1.29 is 19.0 Å². The van der Waals surface area contributed by atoms with E-state index in [9.17, 15) is 14.3 Å². The first-order valence-corrected chi connectivity index (χ1v) is 10.3. The standard InChI is InChI=1S/C22H25ClFN3O3/c1-3-4-7-15(12-28)26-22(29)20-14(2)25-21-19(10-6-11-27(20)21)30-13-16-17(23)8-5-9-18(16)24/h5-6,8-11,15,28H,3-4,7,12-13H2,1-2H3,(H,26,29)/t15-/m1/s1. The van der Waals surface area contributed by atoms with E-state index in [1.807, 2.05) is 0 Å². The molecule has 2 aromatic heterocycles. The van der Waals surface area contributed by atoms with Crippen molar-refractivity contribution in [1.29, 1.82) is 0 Å². The number of imidazole rings is 1. The third kappa shape index (κ3) is 4.74. The number of carbonyl (C=O) groups is 1. The molecule has 0 fully saturated rings. The first-order chi connectivity index (χ1) is 14.5. The van der Waals surface area contributed by atoms with Crippen molar-refractivity contribution in [2.45, 2.75) is 45.8 Å². The number of aliphatic hydroxyl groups is 1. The summed E-state index contributed by atoms with van der Waals surface area (Å²) in [6.07, 6.45) is 4.31. The highest BCUT2D eigenvalue weighted by Crippen LogP contribution is 2.25. The van der Waals surface area contributed by atoms with Crippen LogP contribution in [-0.2, 0) is 6.61 Å². The predicted octanol–water partition coefficient (Wildman–Crippen LogP) is 4.30. The van der Waals surface area contributed by atoms with Gasteiger partial charge < -0.3 is 15.2 Å². The number of nitrogens with one attached hydrogen (secondary N) is 1. The highest BCUT2D eigenvalue weighted by molar-refractivity contribution is 6.31. The minimum atomic E-state index is -0.448. The molecule has 1 atom stereocenters. The maximum Gasteiger partial charge on any atom is 0.270 e. The Bertz CT molecular complexity index is 1020. The second-order valence-corrected chi connectivity index (χ2v) is 7.50. The van der Waals surface area contributed by atoms with E-state index in [0.717, 1.165) is 12.8 Å². The second-order valence-electron chi connectivity index (χ2n) is 7.10. The fraction of sp³-hybridized carbons (Fsp3) is 0.364. The van der Waals surface area contributed by atoms with E-state index in [0.29, 0.717) is 29.2 Å². The number of hydrogen-bond donors (Lipinski definition) is 2. The third-order valence-electron chi connectivity index (χ3n) is 4.90. The van der Waals surface area contributed by atoms with Gasteiger partial charge in [-0.15, -0.1) is 0 Å². The number of nitrogens with zero attached hydrogens (tertiary/aromatic N) is 2. The number of fused-ring (bicyclic) bond motifs is 1. The van der Waals surface area contributed by atoms with Crippen LogP contribution < -0.4 is 10.1 Å². The topological polar surface area (TPSA) is 75.9 Å². The van der Waals surface area contributed by atoms with Gasteiger partial charge in [0.15, 0.2) is 11.4 Å². The molecular formula is C22H25ClFN3O3. The van der Waals surface area contributed by atoms with Crippen LogP contribution in [0.1, 0.15) is 47.9 Å². The molecule has 0 radical (unpaired) electrons. The Balaban J connectivity index is 1.85. The van der Waals surface area contributed by atoms with Gasteiger partial charge in [0.05, 0.1) is 23.4 Å². The lowest BCUT2D eigenvalue weighted by Gasteiger charge is -2.16. The number of hydrogen-bond acceptors (Lipinski definition) is 4. The van der Waals surface area contributed by atoms with E-state index >= 15 is 0 Å². The Kier molecular flexibility index (Phi) is 7.29. The summed E-state index contributed by atoms with van der Waals surface area (Å²) in [6.45, 7) is 3.60. The number of halogens is 2. The normalized spacial score (nSPS) is 12.2. The van der Waals surface area contributed by atoms with Gasteiger partial charge in [0.2, 0.25) is 0 Å². The van der Waals surface area contributed by atoms with Crippen LogP contribution in [-0.4, -0.2) is 33.0 Å². The van der Waals surface area contributed by atoms with Gasteiger partial charge in [-0.3, -0.25) is 9.20 Å². The van der Waals surface area contributed by atoms with Gasteiger partial charge in [-0.1, -0.05) is 37.4 Å². The first-order valence-electron chi connectivity index (χ1n) is 9.91. The Morgan fingerprint density at radius 1 is 1.37 bits per heavy atom. The van der Waals surface area contributed by atoms with Crippen LogP contribution >= 0.6 is 11.6 Å². The number of unbranched alkanes of at least 4 members (excludes halogenated alkanes) is 1. The summed E-state index contributed by atoms with van der Waals surface area (Å²) in [4.78, 5) is 17.3. The lowest BCUT2D eigenvalue weighted by atomic mass is 10.1. The number of benzene rings is 1. The summed E-state index contributed by atoms with van der Waals surface area (Å²) in [5.41, 5.74) is 1.60. The fourth-order valence-corrected chi connectivity index (χ4v) is 3.49. The maximum atomic E-state index is 14.0. The van der Waals surface area contributed by atoms with Crippen LogP contribution in [0.2, 0.25) is 5.02 Å². The van der Waals surface area contributed by atoms with Crippen molar-refractivity contribution in [1.82, 2.24) is 14.7 Å². The van der Waals surface area contributed by atoms with Crippen molar-refractivity contribution >= 4 is 23.2 Å². The van der Waals surface area contributed by atoms with Crippen LogP contribution in [0.5, 0.6) is 5.75 Å². The lowest BCUT2D eigenvalue weighted by molar-refractivity contribution is 0.0905. The molecule has 160 valence electrons. The minimum absolute atomic E-state index is 0.0672. The van der Waals surface area contributed by atoms with Crippen molar-refractivity contribution in [2.75, 3.05) is 6.61 Å². The zero-order chi connectivity index (χ0) is 21.7. The summed E-state index contributed by atoms with van der Waals surface area (Å²) < 4.78 is 21.5. The van der Waals surface area contributed by atoms with Gasteiger partial charge in [0.1, 0.15) is 18.1 Å². The summed E-state index contributed by atoms with van der Waals surface area (Å²) in [6, 6.07) is 7.57. The molecule has 2 N–H and O–H groups in total. The minimum Gasteiger partial charge on any atom is -0.485 e. The van der Waals surface area contributed by atoms with Crippen molar-refractivity contribution in [3.63, 3.8) is 0 Å². The number of rotatable bonds is 9. The van der Waals surface area contributed by atoms with E-state index in [1.54, 1.807) is 35.7 Å². The highest BCUT2D eigenvalue weighted by atomic mass is 35.5. The molecule has 0 aliphatic carbocycles. The Morgan fingerprint density at radius 2 is 2.17 bits per heavy atom. The molecule has 2 heterocycles. The Morgan fingerprint density at radius 3 is 2.87 bits per heavy atom. The summed E-state index contributed by atoms with van der Waals surface area (Å²) in [5, 5.41) is 12.7. The second kappa shape index (κ2) is 9.91. The van der Waals surface area contributed by atoms with E-state index in [4.69, 9.17) is 16.3 Å². The molecule has 0 spiro atoms. The zero-order valence-corrected chi connectivity index (χ0v) is 17.7. The smallest absolute Gasteiger partial charge is 0.270 e. The molecule has 1 amide bonds. The third-order valence-corrected chi connectivity index (χ3v) is 5.25. The summed E-state index contributed by atoms with van der Waals surface area (Å²) in [7, 11) is 0. The van der Waals surface area contributed by atoms with E-state index in [2.05, 4.69) is 17.2 Å². The van der Waals surface area contributed by atoms with E-state index in [1.165, 1.54) is 12.1 Å². The van der Waals surface area contributed by atoms with E-state index < -0.39 is 5.82 Å². The van der Waals surface area contributed by atoms with Gasteiger partial charge >= 0.3 is 0 Å². The summed E-state index contributed by atoms with van der Waals surface area (Å²) in [5.74, 6) is -0.357. The number of aryl methyl sites for hydroxylation is 1. The lowest BCUT2D eigenvalue weighted by Crippen LogP contribution is -2.38. The van der Waals surface area contributed by atoms with Crippen LogP contribution in [0.4, 0.5) is 4.39 Å². The molecule has 8 heteroatoms. The Hall–Kier alpha value is -2.64. The van der Waals surface area contributed by atoms with Crippen molar-refractivity contribution in [3.8, 4) is 5.75 Å². The van der Waals surface area contributed by atoms with Crippen LogP contribution in [0.25, 0.3) is 5.65 Å². The molecule has 0 aliphatic rings. The van der Waals surface area contributed by atoms with Gasteiger partial charge in [0.25, 0.3) is 5.91 Å². The number of pyridine rings is 1. The van der Waals surface area contributed by atoms with Gasteiger partial charge in [-0.05, 0) is 37.6 Å². The average Bonchev–Trinajstić information content (AvgIpc) is 3.07. The monoisotopic (exact) mass is 433 g/mol. The fourth-order valence-electron chi connectivity index (χ4n) is 3.28. The van der Waals surface area contributed by atoms with Crippen LogP contribution in [0.3, 0.4) is 0 Å². The SMILES string of the molecule is CCCC[C@H](CO)NC(=O)c1c(C)nc2c(OCc3c(F)cccc3Cl)cccn12. The largest absolute Gasteiger partial charge is 0.485 e. The number of amides is 1. The molecule has 0 aliphatic heterocycles. The molecule has 0 bridgehead atoms.